The van der Waals surface area contributed by atoms with E-state index in [4.69, 9.17) is 0 Å². The molecule has 2 saturated carbocycles. The Morgan fingerprint density at radius 3 is 2.67 bits per heavy atom. The maximum Gasteiger partial charge on any atom is 0.227 e. The Morgan fingerprint density at radius 2 is 2.05 bits per heavy atom. The van der Waals surface area contributed by atoms with Crippen LogP contribution in [0.25, 0.3) is 5.69 Å². The topological polar surface area (TPSA) is 46.9 Å². The van der Waals surface area contributed by atoms with E-state index in [-0.39, 0.29) is 11.8 Å². The molecule has 1 amide bonds. The molecule has 1 aromatic carbocycles. The smallest absolute Gasteiger partial charge is 0.227 e. The highest BCUT2D eigenvalue weighted by atomic mass is 16.1. The van der Waals surface area contributed by atoms with Gasteiger partial charge in [0.1, 0.15) is 0 Å². The summed E-state index contributed by atoms with van der Waals surface area (Å²) in [6.45, 7) is 0. The van der Waals surface area contributed by atoms with Crippen molar-refractivity contribution in [2.75, 3.05) is 5.32 Å². The van der Waals surface area contributed by atoms with Gasteiger partial charge in [-0.05, 0) is 55.4 Å². The van der Waals surface area contributed by atoms with Crippen molar-refractivity contribution in [2.24, 2.45) is 17.8 Å². The third-order valence-corrected chi connectivity index (χ3v) is 5.01. The van der Waals surface area contributed by atoms with Crippen LogP contribution in [0.3, 0.4) is 0 Å². The van der Waals surface area contributed by atoms with E-state index >= 15 is 0 Å². The van der Waals surface area contributed by atoms with Crippen LogP contribution in [-0.4, -0.2) is 15.5 Å². The monoisotopic (exact) mass is 281 g/mol. The van der Waals surface area contributed by atoms with Crippen molar-refractivity contribution in [3.63, 3.8) is 0 Å². The summed E-state index contributed by atoms with van der Waals surface area (Å²) in [6, 6.07) is 7.91. The molecule has 0 aliphatic heterocycles. The normalized spacial score (nSPS) is 27.0. The van der Waals surface area contributed by atoms with Gasteiger partial charge in [-0.3, -0.25) is 4.79 Å². The zero-order valence-corrected chi connectivity index (χ0v) is 11.9. The van der Waals surface area contributed by atoms with E-state index in [9.17, 15) is 4.79 Å². The number of hydrogen-bond acceptors (Lipinski definition) is 2. The minimum Gasteiger partial charge on any atom is -0.326 e. The molecule has 4 rings (SSSR count). The Labute approximate surface area is 124 Å². The molecular formula is C17H19N3O. The van der Waals surface area contributed by atoms with Gasteiger partial charge >= 0.3 is 0 Å². The van der Waals surface area contributed by atoms with Crippen molar-refractivity contribution in [3.8, 4) is 5.69 Å². The number of hydrogen-bond donors (Lipinski definition) is 1. The van der Waals surface area contributed by atoms with Gasteiger partial charge in [-0.2, -0.15) is 0 Å². The van der Waals surface area contributed by atoms with Gasteiger partial charge in [0.05, 0.1) is 6.33 Å². The average Bonchev–Trinajstić information content (AvgIpc) is 3.25. The molecule has 2 fully saturated rings. The standard InChI is InChI=1S/C17H19N3O/c21-17(16-10-12-1-2-13(16)9-12)19-14-3-5-15(6-4-14)20-8-7-18-11-20/h3-8,11-13,16H,1-2,9-10H2,(H,19,21)/t12-,13-,16+/m0/s1. The molecule has 0 unspecified atom stereocenters. The van der Waals surface area contributed by atoms with Crippen molar-refractivity contribution >= 4 is 11.6 Å². The van der Waals surface area contributed by atoms with Crippen molar-refractivity contribution < 1.29 is 4.79 Å². The van der Waals surface area contributed by atoms with Crippen LogP contribution in [0.2, 0.25) is 0 Å². The predicted octanol–water partition coefficient (Wildman–Crippen LogP) is 3.25. The minimum atomic E-state index is 0.206. The van der Waals surface area contributed by atoms with E-state index in [1.165, 1.54) is 19.3 Å². The molecule has 108 valence electrons. The van der Waals surface area contributed by atoms with E-state index in [1.807, 2.05) is 35.0 Å². The quantitative estimate of drug-likeness (QED) is 0.938. The molecule has 4 heteroatoms. The predicted molar refractivity (Wildman–Crippen MR) is 81.1 cm³/mol. The molecule has 21 heavy (non-hydrogen) atoms. The van der Waals surface area contributed by atoms with Crippen molar-refractivity contribution in [1.29, 1.82) is 0 Å². The molecule has 0 radical (unpaired) electrons. The van der Waals surface area contributed by atoms with Crippen LogP contribution in [0, 0.1) is 17.8 Å². The van der Waals surface area contributed by atoms with Gasteiger partial charge in [-0.15, -0.1) is 0 Å². The van der Waals surface area contributed by atoms with Gasteiger partial charge in [0, 0.05) is 29.7 Å². The SMILES string of the molecule is O=C(Nc1ccc(-n2ccnc2)cc1)[C@@H]1C[C@H]2CC[C@H]1C2. The zero-order chi connectivity index (χ0) is 14.2. The second-order valence-electron chi connectivity index (χ2n) is 6.29. The maximum atomic E-state index is 12.4. The Bertz CT molecular complexity index is 633. The molecule has 4 nitrogen and oxygen atoms in total. The summed E-state index contributed by atoms with van der Waals surface area (Å²) < 4.78 is 1.95. The average molecular weight is 281 g/mol. The number of nitrogens with zero attached hydrogens (tertiary/aromatic N) is 2. The fourth-order valence-corrected chi connectivity index (χ4v) is 3.93. The molecule has 0 saturated heterocycles. The van der Waals surface area contributed by atoms with Crippen molar-refractivity contribution in [1.82, 2.24) is 9.55 Å². The largest absolute Gasteiger partial charge is 0.326 e. The summed E-state index contributed by atoms with van der Waals surface area (Å²) in [4.78, 5) is 16.4. The fourth-order valence-electron chi connectivity index (χ4n) is 3.93. The molecular weight excluding hydrogens is 262 g/mol. The van der Waals surface area contributed by atoms with E-state index in [2.05, 4.69) is 10.3 Å². The zero-order valence-electron chi connectivity index (χ0n) is 11.9. The van der Waals surface area contributed by atoms with Crippen LogP contribution in [0.15, 0.2) is 43.0 Å². The van der Waals surface area contributed by atoms with E-state index in [0.717, 1.165) is 23.7 Å². The lowest BCUT2D eigenvalue weighted by Gasteiger charge is -2.20. The number of fused-ring (bicyclic) bond motifs is 2. The first-order valence-electron chi connectivity index (χ1n) is 7.69. The number of carbonyl (C=O) groups excluding carboxylic acids is 1. The van der Waals surface area contributed by atoms with Gasteiger partial charge in [-0.1, -0.05) is 6.42 Å². The highest BCUT2D eigenvalue weighted by Gasteiger charge is 2.42. The van der Waals surface area contributed by atoms with Gasteiger partial charge < -0.3 is 9.88 Å². The Balaban J connectivity index is 1.44. The molecule has 2 aliphatic rings. The third kappa shape index (κ3) is 2.35. The summed E-state index contributed by atoms with van der Waals surface area (Å²) in [6.07, 6.45) is 10.3. The number of carbonyl (C=O) groups is 1. The highest BCUT2D eigenvalue weighted by molar-refractivity contribution is 5.93. The number of benzene rings is 1. The lowest BCUT2D eigenvalue weighted by atomic mass is 9.88. The minimum absolute atomic E-state index is 0.206. The second kappa shape index (κ2) is 5.02. The van der Waals surface area contributed by atoms with Gasteiger partial charge in [0.15, 0.2) is 0 Å². The van der Waals surface area contributed by atoms with Gasteiger partial charge in [0.25, 0.3) is 0 Å². The lowest BCUT2D eigenvalue weighted by Crippen LogP contribution is -2.27. The summed E-state index contributed by atoms with van der Waals surface area (Å²) in [5.41, 5.74) is 1.93. The molecule has 1 aromatic heterocycles. The number of imidazole rings is 1. The first-order chi connectivity index (χ1) is 10.3. The van der Waals surface area contributed by atoms with Crippen LogP contribution < -0.4 is 5.32 Å². The van der Waals surface area contributed by atoms with Crippen LogP contribution in [0.4, 0.5) is 5.69 Å². The Kier molecular flexibility index (Phi) is 3.02. The Hall–Kier alpha value is -2.10. The van der Waals surface area contributed by atoms with Gasteiger partial charge in [-0.25, -0.2) is 4.98 Å². The van der Waals surface area contributed by atoms with Crippen LogP contribution in [-0.2, 0) is 4.79 Å². The molecule has 1 N–H and O–H groups in total. The third-order valence-electron chi connectivity index (χ3n) is 5.01. The van der Waals surface area contributed by atoms with E-state index in [0.29, 0.717) is 5.92 Å². The van der Waals surface area contributed by atoms with Crippen molar-refractivity contribution in [3.05, 3.63) is 43.0 Å². The summed E-state index contributed by atoms with van der Waals surface area (Å²) >= 11 is 0. The second-order valence-corrected chi connectivity index (χ2v) is 6.29. The molecule has 1 heterocycles. The molecule has 2 aliphatic carbocycles. The Morgan fingerprint density at radius 1 is 1.19 bits per heavy atom. The fraction of sp³-hybridized carbons (Fsp3) is 0.412. The number of amides is 1. The maximum absolute atomic E-state index is 12.4. The molecule has 2 bridgehead atoms. The first kappa shape index (κ1) is 12.6. The highest BCUT2D eigenvalue weighted by Crippen LogP contribution is 2.48. The molecule has 3 atom stereocenters. The van der Waals surface area contributed by atoms with Crippen LogP contribution in [0.5, 0.6) is 0 Å². The number of anilines is 1. The lowest BCUT2D eigenvalue weighted by molar-refractivity contribution is -0.121. The van der Waals surface area contributed by atoms with Crippen LogP contribution in [0.1, 0.15) is 25.7 Å². The number of aromatic nitrogens is 2. The van der Waals surface area contributed by atoms with Gasteiger partial charge in [0.2, 0.25) is 5.91 Å². The van der Waals surface area contributed by atoms with E-state index in [1.54, 1.807) is 12.5 Å². The van der Waals surface area contributed by atoms with Crippen molar-refractivity contribution in [2.45, 2.75) is 25.7 Å². The first-order valence-corrected chi connectivity index (χ1v) is 7.69. The molecule has 0 spiro atoms. The van der Waals surface area contributed by atoms with Crippen LogP contribution >= 0.6 is 0 Å². The summed E-state index contributed by atoms with van der Waals surface area (Å²) in [5.74, 6) is 1.87. The molecule has 2 aromatic rings. The number of nitrogens with one attached hydrogen (secondary N) is 1. The summed E-state index contributed by atoms with van der Waals surface area (Å²) in [7, 11) is 0. The summed E-state index contributed by atoms with van der Waals surface area (Å²) in [5, 5.41) is 3.08. The van der Waals surface area contributed by atoms with E-state index < -0.39 is 0 Å². The number of rotatable bonds is 3.